The molecule has 1 atom stereocenters. The molecule has 0 heterocycles. The lowest BCUT2D eigenvalue weighted by Gasteiger charge is -2.15. The third-order valence-electron chi connectivity index (χ3n) is 2.51. The van der Waals surface area contributed by atoms with Crippen molar-refractivity contribution in [2.24, 2.45) is 0 Å². The first-order valence-corrected chi connectivity index (χ1v) is 5.59. The number of hydrogen-bond acceptors (Lipinski definition) is 3. The van der Waals surface area contributed by atoms with Gasteiger partial charge in [-0.25, -0.2) is 0 Å². The first kappa shape index (κ1) is 12.7. The summed E-state index contributed by atoms with van der Waals surface area (Å²) >= 11 is 0. The van der Waals surface area contributed by atoms with Crippen molar-refractivity contribution >= 4 is 5.97 Å². The molecule has 16 heavy (non-hydrogen) atoms. The topological polar surface area (TPSA) is 38.3 Å². The van der Waals surface area contributed by atoms with Gasteiger partial charge in [0.15, 0.2) is 0 Å². The Morgan fingerprint density at radius 1 is 1.44 bits per heavy atom. The van der Waals surface area contributed by atoms with Crippen LogP contribution in [-0.4, -0.2) is 19.1 Å². The van der Waals surface area contributed by atoms with E-state index in [0.717, 1.165) is 0 Å². The van der Waals surface area contributed by atoms with Gasteiger partial charge in [-0.1, -0.05) is 24.3 Å². The van der Waals surface area contributed by atoms with Crippen LogP contribution in [0.1, 0.15) is 31.0 Å². The van der Waals surface area contributed by atoms with Crippen molar-refractivity contribution in [3.63, 3.8) is 0 Å². The molecule has 0 aliphatic rings. The van der Waals surface area contributed by atoms with Crippen molar-refractivity contribution in [2.75, 3.05) is 13.2 Å². The van der Waals surface area contributed by atoms with E-state index in [9.17, 15) is 4.79 Å². The van der Waals surface area contributed by atoms with Crippen LogP contribution in [0.3, 0.4) is 0 Å². The number of rotatable bonds is 5. The van der Waals surface area contributed by atoms with Crippen LogP contribution in [0, 0.1) is 6.92 Å². The minimum atomic E-state index is -0.206. The Hall–Kier alpha value is -1.35. The lowest BCUT2D eigenvalue weighted by Crippen LogP contribution is -2.27. The van der Waals surface area contributed by atoms with Gasteiger partial charge in [0.2, 0.25) is 0 Å². The van der Waals surface area contributed by atoms with Gasteiger partial charge in [0, 0.05) is 6.04 Å². The molecule has 0 aliphatic carbocycles. The van der Waals surface area contributed by atoms with Crippen LogP contribution in [0.15, 0.2) is 24.3 Å². The molecule has 0 fully saturated rings. The maximum atomic E-state index is 11.2. The predicted molar refractivity (Wildman–Crippen MR) is 64.2 cm³/mol. The number of carbonyl (C=O) groups is 1. The number of nitrogens with one attached hydrogen (secondary N) is 1. The Morgan fingerprint density at radius 2 is 2.12 bits per heavy atom. The Morgan fingerprint density at radius 3 is 2.75 bits per heavy atom. The van der Waals surface area contributed by atoms with Crippen LogP contribution >= 0.6 is 0 Å². The zero-order chi connectivity index (χ0) is 12.0. The third-order valence-corrected chi connectivity index (χ3v) is 2.51. The van der Waals surface area contributed by atoms with Gasteiger partial charge in [0.1, 0.15) is 0 Å². The van der Waals surface area contributed by atoms with E-state index in [1.807, 2.05) is 26.0 Å². The molecule has 0 bridgehead atoms. The minimum absolute atomic E-state index is 0.158. The van der Waals surface area contributed by atoms with Crippen LogP contribution < -0.4 is 5.32 Å². The van der Waals surface area contributed by atoms with Crippen LogP contribution in [0.5, 0.6) is 0 Å². The number of aryl methyl sites for hydroxylation is 1. The monoisotopic (exact) mass is 221 g/mol. The maximum absolute atomic E-state index is 11.2. The van der Waals surface area contributed by atoms with E-state index in [-0.39, 0.29) is 18.6 Å². The number of carbonyl (C=O) groups excluding carboxylic acids is 1. The second-order valence-electron chi connectivity index (χ2n) is 3.76. The molecule has 3 heteroatoms. The molecule has 0 amide bonds. The fourth-order valence-electron chi connectivity index (χ4n) is 1.63. The van der Waals surface area contributed by atoms with Crippen LogP contribution in [-0.2, 0) is 9.53 Å². The Labute approximate surface area is 96.8 Å². The summed E-state index contributed by atoms with van der Waals surface area (Å²) in [7, 11) is 0. The molecule has 0 saturated heterocycles. The largest absolute Gasteiger partial charge is 0.465 e. The summed E-state index contributed by atoms with van der Waals surface area (Å²) in [5.41, 5.74) is 2.44. The van der Waals surface area contributed by atoms with Crippen LogP contribution in [0.25, 0.3) is 0 Å². The zero-order valence-corrected chi connectivity index (χ0v) is 10.1. The molecular weight excluding hydrogens is 202 g/mol. The molecule has 3 nitrogen and oxygen atoms in total. The average Bonchev–Trinajstić information content (AvgIpc) is 2.27. The van der Waals surface area contributed by atoms with Crippen molar-refractivity contribution in [2.45, 2.75) is 26.8 Å². The molecular formula is C13H19NO2. The smallest absolute Gasteiger partial charge is 0.319 e. The van der Waals surface area contributed by atoms with E-state index in [1.165, 1.54) is 11.1 Å². The van der Waals surface area contributed by atoms with E-state index in [1.54, 1.807) is 0 Å². The molecule has 1 N–H and O–H groups in total. The molecule has 0 unspecified atom stereocenters. The second-order valence-corrected chi connectivity index (χ2v) is 3.76. The van der Waals surface area contributed by atoms with Gasteiger partial charge in [-0.3, -0.25) is 4.79 Å². The van der Waals surface area contributed by atoms with Gasteiger partial charge in [0.05, 0.1) is 13.2 Å². The van der Waals surface area contributed by atoms with Crippen molar-refractivity contribution in [1.82, 2.24) is 5.32 Å². The van der Waals surface area contributed by atoms with Gasteiger partial charge >= 0.3 is 5.97 Å². The van der Waals surface area contributed by atoms with Crippen molar-refractivity contribution in [3.8, 4) is 0 Å². The highest BCUT2D eigenvalue weighted by Gasteiger charge is 2.09. The van der Waals surface area contributed by atoms with Gasteiger partial charge < -0.3 is 10.1 Å². The molecule has 0 spiro atoms. The second kappa shape index (κ2) is 6.28. The standard InChI is InChI=1S/C13H19NO2/c1-4-16-13(15)9-14-11(3)12-8-6-5-7-10(12)2/h5-8,11,14H,4,9H2,1-3H3/t11-/m1/s1. The molecule has 0 aromatic heterocycles. The summed E-state index contributed by atoms with van der Waals surface area (Å²) in [4.78, 5) is 11.2. The van der Waals surface area contributed by atoms with Crippen molar-refractivity contribution in [1.29, 1.82) is 0 Å². The molecule has 1 aromatic rings. The van der Waals surface area contributed by atoms with Gasteiger partial charge in [0.25, 0.3) is 0 Å². The van der Waals surface area contributed by atoms with Gasteiger partial charge in [-0.2, -0.15) is 0 Å². The SMILES string of the molecule is CCOC(=O)CN[C@H](C)c1ccccc1C. The summed E-state index contributed by atoms with van der Waals surface area (Å²) in [5.74, 6) is -0.206. The van der Waals surface area contributed by atoms with Crippen molar-refractivity contribution in [3.05, 3.63) is 35.4 Å². The number of hydrogen-bond donors (Lipinski definition) is 1. The summed E-state index contributed by atoms with van der Waals surface area (Å²) in [5, 5.41) is 3.15. The Bertz CT molecular complexity index is 350. The molecule has 0 radical (unpaired) electrons. The molecule has 1 aromatic carbocycles. The fraction of sp³-hybridized carbons (Fsp3) is 0.462. The highest BCUT2D eigenvalue weighted by Crippen LogP contribution is 2.16. The quantitative estimate of drug-likeness (QED) is 0.775. The van der Waals surface area contributed by atoms with E-state index in [4.69, 9.17) is 4.74 Å². The average molecular weight is 221 g/mol. The summed E-state index contributed by atoms with van der Waals surface area (Å²) in [6.07, 6.45) is 0. The zero-order valence-electron chi connectivity index (χ0n) is 10.1. The van der Waals surface area contributed by atoms with E-state index < -0.39 is 0 Å². The molecule has 0 aliphatic heterocycles. The first-order valence-electron chi connectivity index (χ1n) is 5.59. The van der Waals surface area contributed by atoms with E-state index >= 15 is 0 Å². The van der Waals surface area contributed by atoms with Crippen LogP contribution in [0.4, 0.5) is 0 Å². The third kappa shape index (κ3) is 3.66. The number of ether oxygens (including phenoxy) is 1. The van der Waals surface area contributed by atoms with E-state index in [0.29, 0.717) is 6.61 Å². The van der Waals surface area contributed by atoms with E-state index in [2.05, 4.69) is 24.4 Å². The predicted octanol–water partition coefficient (Wildman–Crippen LogP) is 2.21. The van der Waals surface area contributed by atoms with Gasteiger partial charge in [-0.05, 0) is 31.9 Å². The highest BCUT2D eigenvalue weighted by molar-refractivity contribution is 5.71. The Kier molecular flexibility index (Phi) is 4.99. The van der Waals surface area contributed by atoms with Crippen molar-refractivity contribution < 1.29 is 9.53 Å². The first-order chi connectivity index (χ1) is 7.65. The number of esters is 1. The summed E-state index contributed by atoms with van der Waals surface area (Å²) in [6.45, 7) is 6.60. The number of benzene rings is 1. The maximum Gasteiger partial charge on any atom is 0.319 e. The minimum Gasteiger partial charge on any atom is -0.465 e. The van der Waals surface area contributed by atoms with Crippen LogP contribution in [0.2, 0.25) is 0 Å². The lowest BCUT2D eigenvalue weighted by molar-refractivity contribution is -0.142. The normalized spacial score (nSPS) is 12.2. The highest BCUT2D eigenvalue weighted by atomic mass is 16.5. The fourth-order valence-corrected chi connectivity index (χ4v) is 1.63. The van der Waals surface area contributed by atoms with Gasteiger partial charge in [-0.15, -0.1) is 0 Å². The molecule has 1 rings (SSSR count). The lowest BCUT2D eigenvalue weighted by atomic mass is 10.0. The summed E-state index contributed by atoms with van der Waals surface area (Å²) < 4.78 is 4.86. The summed E-state index contributed by atoms with van der Waals surface area (Å²) in [6, 6.07) is 8.31. The molecule has 88 valence electrons. The Balaban J connectivity index is 2.50. The molecule has 0 saturated carbocycles.